The highest BCUT2D eigenvalue weighted by atomic mass is 16.5. The van der Waals surface area contributed by atoms with E-state index in [1.807, 2.05) is 13.8 Å². The van der Waals surface area contributed by atoms with Gasteiger partial charge < -0.3 is 4.74 Å². The van der Waals surface area contributed by atoms with Crippen molar-refractivity contribution in [2.75, 3.05) is 0 Å². The third-order valence-electron chi connectivity index (χ3n) is 1.13. The van der Waals surface area contributed by atoms with Crippen molar-refractivity contribution in [3.8, 4) is 11.8 Å². The molecule has 2 atom stereocenters. The summed E-state index contributed by atoms with van der Waals surface area (Å²) in [6.07, 6.45) is 1.38. The second-order valence-corrected chi connectivity index (χ2v) is 2.11. The van der Waals surface area contributed by atoms with E-state index in [4.69, 9.17) is 4.74 Å². The van der Waals surface area contributed by atoms with Crippen LogP contribution in [-0.4, -0.2) is 12.2 Å². The lowest BCUT2D eigenvalue weighted by atomic mass is 10.2. The molecule has 0 saturated carbocycles. The first-order chi connectivity index (χ1) is 3.79. The number of ether oxygens (including phenoxy) is 1. The van der Waals surface area contributed by atoms with E-state index >= 15 is 0 Å². The first-order valence-electron chi connectivity index (χ1n) is 2.93. The fraction of sp³-hybridized carbons (Fsp3) is 0.714. The van der Waals surface area contributed by atoms with Gasteiger partial charge in [0.2, 0.25) is 0 Å². The topological polar surface area (TPSA) is 9.23 Å². The average Bonchev–Trinajstić information content (AvgIpc) is 1.64. The lowest BCUT2D eigenvalue weighted by Crippen LogP contribution is -2.18. The largest absolute Gasteiger partial charge is 0.362 e. The van der Waals surface area contributed by atoms with Gasteiger partial charge in [0.25, 0.3) is 0 Å². The molecule has 0 aromatic heterocycles. The Labute approximate surface area is 50.0 Å². The van der Waals surface area contributed by atoms with Gasteiger partial charge in [-0.2, -0.15) is 0 Å². The first kappa shape index (κ1) is 5.65. The van der Waals surface area contributed by atoms with Gasteiger partial charge in [0.05, 0.1) is 6.10 Å². The summed E-state index contributed by atoms with van der Waals surface area (Å²) in [4.78, 5) is 0. The Hall–Kier alpha value is -0.480. The molecule has 1 heterocycles. The molecular weight excluding hydrogens is 100 g/mol. The third-order valence-corrected chi connectivity index (χ3v) is 1.13. The zero-order valence-corrected chi connectivity index (χ0v) is 5.27. The van der Waals surface area contributed by atoms with E-state index < -0.39 is 0 Å². The van der Waals surface area contributed by atoms with Crippen LogP contribution in [0.1, 0.15) is 20.3 Å². The van der Waals surface area contributed by atoms with Crippen molar-refractivity contribution in [1.82, 2.24) is 0 Å². The molecule has 1 nitrogen and oxygen atoms in total. The van der Waals surface area contributed by atoms with Gasteiger partial charge in [-0.05, 0) is 13.8 Å². The predicted molar refractivity (Wildman–Crippen MR) is 32.4 cm³/mol. The molecule has 44 valence electrons. The predicted octanol–water partition coefficient (Wildman–Crippen LogP) is 1.19. The van der Waals surface area contributed by atoms with E-state index in [9.17, 15) is 0 Å². The second-order valence-electron chi connectivity index (χ2n) is 2.11. The van der Waals surface area contributed by atoms with Crippen LogP contribution < -0.4 is 0 Å². The van der Waals surface area contributed by atoms with Crippen molar-refractivity contribution >= 4 is 0 Å². The van der Waals surface area contributed by atoms with Crippen LogP contribution in [0.4, 0.5) is 0 Å². The van der Waals surface area contributed by atoms with Crippen LogP contribution in [0, 0.1) is 11.8 Å². The zero-order chi connectivity index (χ0) is 5.98. The van der Waals surface area contributed by atoms with Gasteiger partial charge in [-0.15, -0.1) is 0 Å². The molecule has 0 bridgehead atoms. The molecule has 0 radical (unpaired) electrons. The Morgan fingerprint density at radius 2 is 2.25 bits per heavy atom. The van der Waals surface area contributed by atoms with Gasteiger partial charge in [-0.25, -0.2) is 0 Å². The van der Waals surface area contributed by atoms with Crippen molar-refractivity contribution < 1.29 is 4.74 Å². The quantitative estimate of drug-likeness (QED) is 0.425. The maximum absolute atomic E-state index is 5.31. The van der Waals surface area contributed by atoms with Crippen LogP contribution in [0.5, 0.6) is 0 Å². The van der Waals surface area contributed by atoms with E-state index in [1.165, 1.54) is 0 Å². The Kier molecular flexibility index (Phi) is 1.55. The smallest absolute Gasteiger partial charge is 0.115 e. The van der Waals surface area contributed by atoms with Gasteiger partial charge in [0.1, 0.15) is 6.10 Å². The molecule has 1 aliphatic heterocycles. The second kappa shape index (κ2) is 2.19. The summed E-state index contributed by atoms with van der Waals surface area (Å²) in [5, 5.41) is 0. The van der Waals surface area contributed by atoms with Crippen LogP contribution in [0.2, 0.25) is 0 Å². The van der Waals surface area contributed by atoms with E-state index in [1.54, 1.807) is 0 Å². The first-order valence-corrected chi connectivity index (χ1v) is 2.93. The molecule has 0 aromatic carbocycles. The summed E-state index contributed by atoms with van der Waals surface area (Å²) in [6.45, 7) is 4.02. The number of hydrogen-bond donors (Lipinski definition) is 0. The Balaban J connectivity index is 2.49. The molecule has 1 rings (SSSR count). The maximum atomic E-state index is 5.31. The standard InChI is InChI=1S/C7H10O/c1-6-4-3-5-7(2)8-6/h6-7H,4H2,1-2H3. The van der Waals surface area contributed by atoms with E-state index in [0.29, 0.717) is 6.10 Å². The van der Waals surface area contributed by atoms with Crippen molar-refractivity contribution in [3.63, 3.8) is 0 Å². The van der Waals surface area contributed by atoms with Crippen molar-refractivity contribution in [3.05, 3.63) is 0 Å². The van der Waals surface area contributed by atoms with Gasteiger partial charge in [-0.1, -0.05) is 11.8 Å². The van der Waals surface area contributed by atoms with Crippen LogP contribution in [0.25, 0.3) is 0 Å². The minimum Gasteiger partial charge on any atom is -0.362 e. The summed E-state index contributed by atoms with van der Waals surface area (Å²) in [5.74, 6) is 5.95. The molecule has 0 amide bonds. The molecule has 0 saturated heterocycles. The monoisotopic (exact) mass is 110 g/mol. The SMILES string of the molecule is CC1C#CCC(C)O1. The minimum atomic E-state index is 0.152. The summed E-state index contributed by atoms with van der Waals surface area (Å²) < 4.78 is 5.31. The van der Waals surface area contributed by atoms with E-state index in [0.717, 1.165) is 6.42 Å². The minimum absolute atomic E-state index is 0.152. The highest BCUT2D eigenvalue weighted by Gasteiger charge is 2.07. The van der Waals surface area contributed by atoms with Crippen LogP contribution in [-0.2, 0) is 4.74 Å². The molecule has 1 heteroatoms. The number of hydrogen-bond acceptors (Lipinski definition) is 1. The van der Waals surface area contributed by atoms with Gasteiger partial charge in [0.15, 0.2) is 0 Å². The average molecular weight is 110 g/mol. The highest BCUT2D eigenvalue weighted by Crippen LogP contribution is 2.04. The summed E-state index contributed by atoms with van der Waals surface area (Å²) in [7, 11) is 0. The molecule has 2 unspecified atom stereocenters. The lowest BCUT2D eigenvalue weighted by molar-refractivity contribution is 0.0371. The molecule has 0 aliphatic carbocycles. The van der Waals surface area contributed by atoms with Gasteiger partial charge >= 0.3 is 0 Å². The molecule has 0 N–H and O–H groups in total. The number of rotatable bonds is 0. The lowest BCUT2D eigenvalue weighted by Gasteiger charge is -2.15. The molecule has 0 aromatic rings. The van der Waals surface area contributed by atoms with Crippen molar-refractivity contribution in [2.24, 2.45) is 0 Å². The van der Waals surface area contributed by atoms with Crippen molar-refractivity contribution in [1.29, 1.82) is 0 Å². The Morgan fingerprint density at radius 1 is 1.50 bits per heavy atom. The van der Waals surface area contributed by atoms with Crippen LogP contribution in [0.3, 0.4) is 0 Å². The Morgan fingerprint density at radius 3 is 2.62 bits per heavy atom. The zero-order valence-electron chi connectivity index (χ0n) is 5.27. The van der Waals surface area contributed by atoms with Gasteiger partial charge in [0, 0.05) is 6.42 Å². The van der Waals surface area contributed by atoms with E-state index in [-0.39, 0.29) is 6.10 Å². The summed E-state index contributed by atoms with van der Waals surface area (Å²) in [5.41, 5.74) is 0. The maximum Gasteiger partial charge on any atom is 0.115 e. The third kappa shape index (κ3) is 1.24. The summed E-state index contributed by atoms with van der Waals surface area (Å²) in [6, 6.07) is 0. The fourth-order valence-corrected chi connectivity index (χ4v) is 0.777. The van der Waals surface area contributed by atoms with Crippen molar-refractivity contribution in [2.45, 2.75) is 32.5 Å². The fourth-order valence-electron chi connectivity index (χ4n) is 0.777. The highest BCUT2D eigenvalue weighted by molar-refractivity contribution is 5.07. The normalized spacial score (nSPS) is 35.8. The molecule has 8 heavy (non-hydrogen) atoms. The van der Waals surface area contributed by atoms with Crippen LogP contribution >= 0.6 is 0 Å². The van der Waals surface area contributed by atoms with E-state index in [2.05, 4.69) is 11.8 Å². The molecule has 1 aliphatic rings. The van der Waals surface area contributed by atoms with Gasteiger partial charge in [-0.3, -0.25) is 0 Å². The molecular formula is C7H10O. The van der Waals surface area contributed by atoms with Crippen LogP contribution in [0.15, 0.2) is 0 Å². The molecule has 0 fully saturated rings. The molecule has 0 spiro atoms. The summed E-state index contributed by atoms with van der Waals surface area (Å²) >= 11 is 0. The Bertz CT molecular complexity index is 129.